The lowest BCUT2D eigenvalue weighted by Crippen LogP contribution is -2.51. The molecule has 1 amide bonds. The molecule has 0 aromatic carbocycles. The average molecular weight is 252 g/mol. The summed E-state index contributed by atoms with van der Waals surface area (Å²) in [6.45, 7) is 7.15. The van der Waals surface area contributed by atoms with Gasteiger partial charge >= 0.3 is 0 Å². The molecule has 6 nitrogen and oxygen atoms in total. The zero-order valence-corrected chi connectivity index (χ0v) is 11.4. The molecule has 6 heteroatoms. The van der Waals surface area contributed by atoms with E-state index in [4.69, 9.17) is 0 Å². The molecule has 1 rings (SSSR count). The lowest BCUT2D eigenvalue weighted by molar-refractivity contribution is 0.0238. The van der Waals surface area contributed by atoms with Gasteiger partial charge in [0.05, 0.1) is 11.1 Å². The van der Waals surface area contributed by atoms with Crippen molar-refractivity contribution < 1.29 is 9.90 Å². The zero-order valence-electron chi connectivity index (χ0n) is 11.4. The van der Waals surface area contributed by atoms with Crippen LogP contribution < -0.4 is 10.6 Å². The summed E-state index contributed by atoms with van der Waals surface area (Å²) in [6, 6.07) is 3.24. The normalized spacial score (nSPS) is 12.1. The van der Waals surface area contributed by atoms with Gasteiger partial charge in [0.2, 0.25) is 0 Å². The molecule has 100 valence electrons. The highest BCUT2D eigenvalue weighted by molar-refractivity contribution is 5.91. The van der Waals surface area contributed by atoms with Crippen LogP contribution in [0.1, 0.15) is 38.2 Å². The Kier molecular flexibility index (Phi) is 3.91. The summed E-state index contributed by atoms with van der Waals surface area (Å²) < 4.78 is 0. The van der Waals surface area contributed by atoms with E-state index in [0.29, 0.717) is 5.82 Å². The summed E-state index contributed by atoms with van der Waals surface area (Å²) in [5.74, 6) is 0.227. The molecule has 0 saturated carbocycles. The SMILES string of the molecule is CNC(=O)c1ccc(NC(C)(C)C(C)(C)O)nn1. The van der Waals surface area contributed by atoms with Crippen LogP contribution in [-0.4, -0.2) is 39.4 Å². The van der Waals surface area contributed by atoms with Crippen LogP contribution in [0.15, 0.2) is 12.1 Å². The first-order valence-corrected chi connectivity index (χ1v) is 5.74. The zero-order chi connectivity index (χ0) is 14.0. The first-order valence-electron chi connectivity index (χ1n) is 5.74. The fourth-order valence-electron chi connectivity index (χ4n) is 1.12. The third-order valence-corrected chi connectivity index (χ3v) is 3.09. The predicted octanol–water partition coefficient (Wildman–Crippen LogP) is 0.798. The van der Waals surface area contributed by atoms with E-state index in [-0.39, 0.29) is 11.6 Å². The Morgan fingerprint density at radius 1 is 1.22 bits per heavy atom. The number of carbonyl (C=O) groups is 1. The van der Waals surface area contributed by atoms with Gasteiger partial charge in [0.1, 0.15) is 5.82 Å². The maximum Gasteiger partial charge on any atom is 0.271 e. The summed E-state index contributed by atoms with van der Waals surface area (Å²) in [7, 11) is 1.54. The van der Waals surface area contributed by atoms with Crippen LogP contribution in [0.25, 0.3) is 0 Å². The van der Waals surface area contributed by atoms with Crippen molar-refractivity contribution in [1.82, 2.24) is 15.5 Å². The Morgan fingerprint density at radius 2 is 1.83 bits per heavy atom. The summed E-state index contributed by atoms with van der Waals surface area (Å²) in [5, 5.41) is 23.3. The van der Waals surface area contributed by atoms with Gasteiger partial charge in [-0.25, -0.2) is 0 Å². The Hall–Kier alpha value is -1.69. The molecule has 1 aromatic heterocycles. The lowest BCUT2D eigenvalue weighted by atomic mass is 9.86. The molecule has 0 radical (unpaired) electrons. The molecule has 0 atom stereocenters. The molecule has 1 aromatic rings. The van der Waals surface area contributed by atoms with Crippen molar-refractivity contribution in [2.45, 2.75) is 38.8 Å². The molecule has 0 spiro atoms. The maximum atomic E-state index is 11.3. The first-order chi connectivity index (χ1) is 8.17. The number of nitrogens with zero attached hydrogens (tertiary/aromatic N) is 2. The predicted molar refractivity (Wildman–Crippen MR) is 69.4 cm³/mol. The van der Waals surface area contributed by atoms with Crippen molar-refractivity contribution in [1.29, 1.82) is 0 Å². The number of amides is 1. The van der Waals surface area contributed by atoms with Crippen LogP contribution >= 0.6 is 0 Å². The molecule has 1 heterocycles. The van der Waals surface area contributed by atoms with Crippen LogP contribution in [0.4, 0.5) is 5.82 Å². The minimum atomic E-state index is -0.922. The third kappa shape index (κ3) is 3.16. The molecule has 3 N–H and O–H groups in total. The van der Waals surface area contributed by atoms with E-state index in [0.717, 1.165) is 0 Å². The highest BCUT2D eigenvalue weighted by Gasteiger charge is 2.35. The molecule has 0 bridgehead atoms. The van der Waals surface area contributed by atoms with E-state index in [9.17, 15) is 9.90 Å². The molecule has 0 aliphatic heterocycles. The third-order valence-electron chi connectivity index (χ3n) is 3.09. The Labute approximate surface area is 107 Å². The number of carbonyl (C=O) groups excluding carboxylic acids is 1. The van der Waals surface area contributed by atoms with Gasteiger partial charge in [0, 0.05) is 7.05 Å². The second kappa shape index (κ2) is 4.89. The summed E-state index contributed by atoms with van der Waals surface area (Å²) in [4.78, 5) is 11.3. The first kappa shape index (κ1) is 14.4. The summed E-state index contributed by atoms with van der Waals surface area (Å²) in [6.07, 6.45) is 0. The summed E-state index contributed by atoms with van der Waals surface area (Å²) >= 11 is 0. The maximum absolute atomic E-state index is 11.3. The molecular weight excluding hydrogens is 232 g/mol. The quantitative estimate of drug-likeness (QED) is 0.737. The molecule has 0 saturated heterocycles. The number of hydrogen-bond acceptors (Lipinski definition) is 5. The van der Waals surface area contributed by atoms with Crippen molar-refractivity contribution >= 4 is 11.7 Å². The molecule has 18 heavy (non-hydrogen) atoms. The van der Waals surface area contributed by atoms with E-state index in [1.165, 1.54) is 7.05 Å². The standard InChI is InChI=1S/C12H20N4O2/c1-11(2,12(3,4)18)14-9-7-6-8(15-16-9)10(17)13-5/h6-7,18H,1-5H3,(H,13,17)(H,14,16). The highest BCUT2D eigenvalue weighted by atomic mass is 16.3. The van der Waals surface area contributed by atoms with Crippen LogP contribution in [0.5, 0.6) is 0 Å². The lowest BCUT2D eigenvalue weighted by Gasteiger charge is -2.38. The van der Waals surface area contributed by atoms with Gasteiger partial charge in [-0.1, -0.05) is 0 Å². The van der Waals surface area contributed by atoms with Crippen LogP contribution in [-0.2, 0) is 0 Å². The number of hydrogen-bond donors (Lipinski definition) is 3. The number of aromatic nitrogens is 2. The average Bonchev–Trinajstić information content (AvgIpc) is 2.27. The molecule has 0 unspecified atom stereocenters. The topological polar surface area (TPSA) is 87.1 Å². The van der Waals surface area contributed by atoms with Crippen LogP contribution in [0, 0.1) is 0 Å². The monoisotopic (exact) mass is 252 g/mol. The van der Waals surface area contributed by atoms with E-state index >= 15 is 0 Å². The van der Waals surface area contributed by atoms with Crippen molar-refractivity contribution in [3.63, 3.8) is 0 Å². The number of rotatable bonds is 4. The molecule has 0 aliphatic rings. The van der Waals surface area contributed by atoms with Gasteiger partial charge in [-0.3, -0.25) is 4.79 Å². The second-order valence-corrected chi connectivity index (χ2v) is 5.19. The summed E-state index contributed by atoms with van der Waals surface area (Å²) in [5.41, 5.74) is -1.24. The van der Waals surface area contributed by atoms with Gasteiger partial charge in [-0.05, 0) is 39.8 Å². The van der Waals surface area contributed by atoms with Gasteiger partial charge in [0.25, 0.3) is 5.91 Å². The largest absolute Gasteiger partial charge is 0.388 e. The minimum absolute atomic E-state index is 0.254. The molecule has 0 aliphatic carbocycles. The fraction of sp³-hybridized carbons (Fsp3) is 0.583. The van der Waals surface area contributed by atoms with Gasteiger partial charge in [-0.2, -0.15) is 0 Å². The Bertz CT molecular complexity index is 421. The molecular formula is C12H20N4O2. The van der Waals surface area contributed by atoms with Crippen molar-refractivity contribution in [3.05, 3.63) is 17.8 Å². The van der Waals surface area contributed by atoms with Crippen molar-refractivity contribution in [3.8, 4) is 0 Å². The van der Waals surface area contributed by atoms with Crippen molar-refractivity contribution in [2.24, 2.45) is 0 Å². The highest BCUT2D eigenvalue weighted by Crippen LogP contribution is 2.24. The van der Waals surface area contributed by atoms with E-state index in [2.05, 4.69) is 20.8 Å². The Balaban J connectivity index is 2.85. The van der Waals surface area contributed by atoms with E-state index in [1.807, 2.05) is 13.8 Å². The van der Waals surface area contributed by atoms with Crippen LogP contribution in [0.2, 0.25) is 0 Å². The Morgan fingerprint density at radius 3 is 2.22 bits per heavy atom. The second-order valence-electron chi connectivity index (χ2n) is 5.19. The van der Waals surface area contributed by atoms with Gasteiger partial charge < -0.3 is 15.7 Å². The molecule has 0 fully saturated rings. The smallest absolute Gasteiger partial charge is 0.271 e. The van der Waals surface area contributed by atoms with Gasteiger partial charge in [-0.15, -0.1) is 10.2 Å². The number of aliphatic hydroxyl groups is 1. The van der Waals surface area contributed by atoms with Gasteiger partial charge in [0.15, 0.2) is 5.69 Å². The van der Waals surface area contributed by atoms with E-state index in [1.54, 1.807) is 26.0 Å². The fourth-order valence-corrected chi connectivity index (χ4v) is 1.12. The number of nitrogens with one attached hydrogen (secondary N) is 2. The minimum Gasteiger partial charge on any atom is -0.388 e. The van der Waals surface area contributed by atoms with Crippen molar-refractivity contribution in [2.75, 3.05) is 12.4 Å². The van der Waals surface area contributed by atoms with Crippen LogP contribution in [0.3, 0.4) is 0 Å². The number of anilines is 1. The van der Waals surface area contributed by atoms with E-state index < -0.39 is 11.1 Å².